The Morgan fingerprint density at radius 1 is 1.23 bits per heavy atom. The van der Waals surface area contributed by atoms with Gasteiger partial charge < -0.3 is 35.4 Å². The van der Waals surface area contributed by atoms with Gasteiger partial charge in [-0.05, 0) is 35.7 Å². The number of amides is 2. The van der Waals surface area contributed by atoms with Gasteiger partial charge in [0.05, 0.1) is 35.5 Å². The lowest BCUT2D eigenvalue weighted by Gasteiger charge is -2.24. The maximum atomic E-state index is 13.3. The zero-order valence-electron chi connectivity index (χ0n) is 22.6. The highest BCUT2D eigenvalue weighted by molar-refractivity contribution is 6.00. The molecule has 43 heavy (non-hydrogen) atoms. The molecule has 18 heteroatoms. The van der Waals surface area contributed by atoms with Crippen LogP contribution in [0.3, 0.4) is 0 Å². The highest BCUT2D eigenvalue weighted by Crippen LogP contribution is 2.24. The predicted molar refractivity (Wildman–Crippen MR) is 152 cm³/mol. The number of azide groups is 1. The van der Waals surface area contributed by atoms with Crippen molar-refractivity contribution in [2.45, 2.75) is 25.0 Å². The number of nitrogen functional groups attached to an aromatic ring is 1. The van der Waals surface area contributed by atoms with Crippen molar-refractivity contribution in [1.29, 1.82) is 0 Å². The van der Waals surface area contributed by atoms with Gasteiger partial charge >= 0.3 is 11.4 Å². The number of anilines is 1. The molecule has 4 heterocycles. The summed E-state index contributed by atoms with van der Waals surface area (Å²) < 4.78 is 10.1. The average Bonchev–Trinajstić information content (AvgIpc) is 3.58. The number of rotatable bonds is 11. The van der Waals surface area contributed by atoms with Crippen LogP contribution in [0.25, 0.3) is 32.4 Å². The molecule has 4 aromatic rings. The predicted octanol–water partition coefficient (Wildman–Crippen LogP) is -0.556. The van der Waals surface area contributed by atoms with Crippen LogP contribution in [0.4, 0.5) is 5.95 Å². The Morgan fingerprint density at radius 2 is 2.05 bits per heavy atom. The van der Waals surface area contributed by atoms with Gasteiger partial charge in [0.15, 0.2) is 0 Å². The van der Waals surface area contributed by atoms with Crippen molar-refractivity contribution >= 4 is 39.7 Å². The maximum Gasteiger partial charge on any atom is 0.419 e. The first-order valence-electron chi connectivity index (χ1n) is 13.2. The molecule has 224 valence electrons. The monoisotopic (exact) mass is 593 g/mol. The number of fused-ring (bicyclic) bond motifs is 2. The molecule has 3 aromatic heterocycles. The molecule has 0 saturated carbocycles. The van der Waals surface area contributed by atoms with Crippen molar-refractivity contribution in [3.05, 3.63) is 77.3 Å². The molecule has 2 atom stereocenters. The number of aromatic nitrogens is 4. The second-order valence-electron chi connectivity index (χ2n) is 9.70. The Bertz CT molecular complexity index is 1900. The zero-order valence-corrected chi connectivity index (χ0v) is 22.6. The largest absolute Gasteiger partial charge is 0.419 e. The topological polar surface area (TPSA) is 270 Å². The highest BCUT2D eigenvalue weighted by atomic mass is 16.5. The lowest BCUT2D eigenvalue weighted by Crippen LogP contribution is -2.46. The van der Waals surface area contributed by atoms with Gasteiger partial charge in [-0.15, -0.1) is 0 Å². The summed E-state index contributed by atoms with van der Waals surface area (Å²) in [6.07, 6.45) is 1.80. The number of nitrogens with one attached hydrogen (secondary N) is 5. The average molecular weight is 594 g/mol. The summed E-state index contributed by atoms with van der Waals surface area (Å²) in [5.41, 5.74) is 14.6. The van der Waals surface area contributed by atoms with Gasteiger partial charge in [0.25, 0.3) is 11.5 Å². The van der Waals surface area contributed by atoms with Crippen molar-refractivity contribution in [2.24, 2.45) is 5.11 Å². The molecule has 1 aromatic carbocycles. The molecule has 2 amide bonds. The minimum absolute atomic E-state index is 0.0143. The minimum Gasteiger partial charge on any atom is -0.378 e. The van der Waals surface area contributed by atoms with Crippen molar-refractivity contribution in [2.75, 3.05) is 38.6 Å². The summed E-state index contributed by atoms with van der Waals surface area (Å²) in [4.78, 5) is 77.9. The lowest BCUT2D eigenvalue weighted by molar-refractivity contribution is -0.125. The third kappa shape index (κ3) is 6.40. The summed E-state index contributed by atoms with van der Waals surface area (Å²) >= 11 is 0. The first-order valence-corrected chi connectivity index (χ1v) is 13.2. The molecule has 18 nitrogen and oxygen atoms in total. The molecule has 1 saturated heterocycles. The fraction of sp³-hybridized carbons (Fsp3) is 0.360. The number of benzene rings is 1. The summed E-state index contributed by atoms with van der Waals surface area (Å²) in [5, 5.41) is 10.1. The number of aromatic amines is 3. The Labute approximate surface area is 240 Å². The smallest absolute Gasteiger partial charge is 0.378 e. The maximum absolute atomic E-state index is 13.3. The number of likely N-dealkylation sites (tertiary alicyclic amines) is 1. The number of ether oxygens (including phenoxy) is 1. The van der Waals surface area contributed by atoms with Crippen LogP contribution < -0.4 is 33.3 Å². The van der Waals surface area contributed by atoms with Crippen molar-refractivity contribution in [3.8, 4) is 0 Å². The minimum atomic E-state index is -0.962. The van der Waals surface area contributed by atoms with E-state index in [4.69, 9.17) is 16.0 Å². The van der Waals surface area contributed by atoms with Crippen LogP contribution in [0.2, 0.25) is 0 Å². The quantitative estimate of drug-likeness (QED) is 0.0558. The van der Waals surface area contributed by atoms with Crippen LogP contribution >= 0.6 is 0 Å². The second kappa shape index (κ2) is 12.6. The molecule has 1 fully saturated rings. The van der Waals surface area contributed by atoms with Crippen molar-refractivity contribution < 1.29 is 18.7 Å². The van der Waals surface area contributed by atoms with Crippen molar-refractivity contribution in [3.63, 3.8) is 0 Å². The van der Waals surface area contributed by atoms with E-state index in [9.17, 15) is 24.0 Å². The number of carbonyl (C=O) groups excluding carboxylic acids is 2. The zero-order chi connectivity index (χ0) is 30.5. The van der Waals surface area contributed by atoms with Gasteiger partial charge in [0.2, 0.25) is 11.9 Å². The molecule has 7 N–H and O–H groups in total. The van der Waals surface area contributed by atoms with E-state index in [0.717, 1.165) is 5.56 Å². The molecule has 1 aliphatic rings. The standard InChI is InChI=1S/C25H27N11O7/c26-24-32-19-18(21(38)33-24)13(10-30-19)9-28-3-5-42-6-4-29-20(37)17-8-14(34-35-27)11-36(17)22(39)12-1-2-15-16(7-12)31-25(41)43-23(15)40/h1-2,7,10,14,17,28H,3-6,8-9,11H2,(H,29,37)(H,31,41)(H4,26,30,32,33,38)/t14-,17-/m0/s1. The number of nitrogens with two attached hydrogens (primary N) is 1. The summed E-state index contributed by atoms with van der Waals surface area (Å²) in [7, 11) is 0. The Hall–Kier alpha value is -5.45. The van der Waals surface area contributed by atoms with Crippen molar-refractivity contribution in [1.82, 2.24) is 35.5 Å². The van der Waals surface area contributed by atoms with Crippen LogP contribution in [0.1, 0.15) is 22.3 Å². The van der Waals surface area contributed by atoms with E-state index < -0.39 is 35.3 Å². The molecule has 1 aliphatic heterocycles. The molecular formula is C25H27N11O7. The van der Waals surface area contributed by atoms with Crippen LogP contribution in [0.5, 0.6) is 0 Å². The number of hydrogen-bond acceptors (Lipinski definition) is 11. The van der Waals surface area contributed by atoms with E-state index in [1.54, 1.807) is 6.20 Å². The van der Waals surface area contributed by atoms with Gasteiger partial charge in [-0.2, -0.15) is 4.98 Å². The van der Waals surface area contributed by atoms with Gasteiger partial charge in [-0.3, -0.25) is 24.4 Å². The summed E-state index contributed by atoms with van der Waals surface area (Å²) in [6.45, 7) is 1.58. The van der Waals surface area contributed by atoms with E-state index in [1.807, 2.05) is 0 Å². The van der Waals surface area contributed by atoms with E-state index in [0.29, 0.717) is 30.7 Å². The third-order valence-corrected chi connectivity index (χ3v) is 6.89. The van der Waals surface area contributed by atoms with Crippen LogP contribution in [-0.4, -0.2) is 81.6 Å². The summed E-state index contributed by atoms with van der Waals surface area (Å²) in [6, 6.07) is 2.54. The molecule has 0 radical (unpaired) electrons. The Kier molecular flexibility index (Phi) is 8.51. The van der Waals surface area contributed by atoms with Gasteiger partial charge in [-0.1, -0.05) is 5.11 Å². The van der Waals surface area contributed by atoms with Crippen LogP contribution in [0.15, 0.2) is 48.3 Å². The fourth-order valence-corrected chi connectivity index (χ4v) is 4.94. The SMILES string of the molecule is [N-]=[N+]=N[C@H]1C[C@@H](C(=O)NCCOCCNCc2c[nH]c3nc(N)[nH]c(=O)c23)N(C(=O)c2ccc3c(=O)oc(=O)[nH]c3c2)C1. The number of H-pyrrole nitrogens is 3. The molecular weight excluding hydrogens is 566 g/mol. The number of nitrogens with zero attached hydrogens (tertiary/aromatic N) is 5. The van der Waals surface area contributed by atoms with Gasteiger partial charge in [0, 0.05) is 42.9 Å². The van der Waals surface area contributed by atoms with E-state index in [2.05, 4.69) is 45.0 Å². The molecule has 0 bridgehead atoms. The fourth-order valence-electron chi connectivity index (χ4n) is 4.94. The van der Waals surface area contributed by atoms with Crippen LogP contribution in [-0.2, 0) is 16.1 Å². The third-order valence-electron chi connectivity index (χ3n) is 6.89. The molecule has 0 unspecified atom stereocenters. The molecule has 5 rings (SSSR count). The second-order valence-corrected chi connectivity index (χ2v) is 9.70. The highest BCUT2D eigenvalue weighted by Gasteiger charge is 2.39. The summed E-state index contributed by atoms with van der Waals surface area (Å²) in [5.74, 6) is -1.91. The normalized spacial score (nSPS) is 16.4. The number of carbonyl (C=O) groups is 2. The molecule has 0 aliphatic carbocycles. The lowest BCUT2D eigenvalue weighted by atomic mass is 10.1. The van der Waals surface area contributed by atoms with Gasteiger partial charge in [0.1, 0.15) is 11.7 Å². The van der Waals surface area contributed by atoms with E-state index in [-0.39, 0.29) is 54.1 Å². The number of hydrogen-bond donors (Lipinski definition) is 6. The van der Waals surface area contributed by atoms with Crippen LogP contribution in [0, 0.1) is 0 Å². The van der Waals surface area contributed by atoms with E-state index >= 15 is 0 Å². The first-order chi connectivity index (χ1) is 20.7. The van der Waals surface area contributed by atoms with Gasteiger partial charge in [-0.25, -0.2) is 9.59 Å². The molecule has 0 spiro atoms. The Morgan fingerprint density at radius 3 is 2.86 bits per heavy atom. The van der Waals surface area contributed by atoms with E-state index in [1.165, 1.54) is 23.1 Å². The first kappa shape index (κ1) is 29.1. The Balaban J connectivity index is 1.11.